The van der Waals surface area contributed by atoms with Crippen molar-refractivity contribution < 1.29 is 14.6 Å². The molecule has 0 aliphatic heterocycles. The third-order valence-electron chi connectivity index (χ3n) is 7.66. The summed E-state index contributed by atoms with van der Waals surface area (Å²) < 4.78 is 8.97. The summed E-state index contributed by atoms with van der Waals surface area (Å²) in [5, 5.41) is 23.2. The fourth-order valence-corrected chi connectivity index (χ4v) is 4.99. The van der Waals surface area contributed by atoms with Crippen molar-refractivity contribution in [3.8, 4) is 0 Å². The molecule has 0 spiro atoms. The lowest BCUT2D eigenvalue weighted by molar-refractivity contribution is -0.0324. The first-order valence-corrected chi connectivity index (χ1v) is 12.4. The number of hydrogen-bond acceptors (Lipinski definition) is 8. The molecule has 2 fully saturated rings. The molecule has 11 nitrogen and oxygen atoms in total. The second-order valence-electron chi connectivity index (χ2n) is 9.94. The van der Waals surface area contributed by atoms with Crippen molar-refractivity contribution in [3.05, 3.63) is 46.5 Å². The molecule has 0 unspecified atom stereocenters. The molecule has 3 aromatic rings. The van der Waals surface area contributed by atoms with Gasteiger partial charge in [-0.15, -0.1) is 0 Å². The number of nitrogens with one attached hydrogen (secondary N) is 3. The summed E-state index contributed by atoms with van der Waals surface area (Å²) in [5.74, 6) is 0.672. The number of amides is 1. The number of pyridine rings is 1. The van der Waals surface area contributed by atoms with Crippen molar-refractivity contribution in [3.63, 3.8) is 0 Å². The summed E-state index contributed by atoms with van der Waals surface area (Å²) in [6.45, 7) is 2.12. The van der Waals surface area contributed by atoms with Crippen molar-refractivity contribution in [2.24, 2.45) is 0 Å². The smallest absolute Gasteiger partial charge is 0.274 e. The molecule has 0 aromatic carbocycles. The molecule has 0 saturated heterocycles. The van der Waals surface area contributed by atoms with Crippen molar-refractivity contribution in [2.75, 3.05) is 24.8 Å². The molecule has 3 aromatic heterocycles. The Morgan fingerprint density at radius 1 is 1.25 bits per heavy atom. The van der Waals surface area contributed by atoms with E-state index in [1.807, 2.05) is 12.3 Å². The average Bonchev–Trinajstić information content (AvgIpc) is 3.32. The summed E-state index contributed by atoms with van der Waals surface area (Å²) in [6, 6.07) is 5.17. The minimum atomic E-state index is -0.526. The van der Waals surface area contributed by atoms with Crippen LogP contribution in [0.1, 0.15) is 61.8 Å². The highest BCUT2D eigenvalue weighted by Crippen LogP contribution is 2.36. The van der Waals surface area contributed by atoms with E-state index < -0.39 is 6.10 Å². The highest BCUT2D eigenvalue weighted by Gasteiger charge is 2.33. The van der Waals surface area contributed by atoms with Gasteiger partial charge < -0.3 is 30.4 Å². The predicted octanol–water partition coefficient (Wildman–Crippen LogP) is 2.45. The van der Waals surface area contributed by atoms with Crippen LogP contribution in [-0.2, 0) is 4.74 Å². The number of fused-ring (bicyclic) bond motifs is 1. The van der Waals surface area contributed by atoms with Crippen LogP contribution in [0, 0.1) is 0 Å². The summed E-state index contributed by atoms with van der Waals surface area (Å²) in [5.41, 5.74) is 0.785. The molecule has 2 aliphatic carbocycles. The van der Waals surface area contributed by atoms with Crippen LogP contribution in [0.15, 0.2) is 35.4 Å². The van der Waals surface area contributed by atoms with Crippen LogP contribution in [0.4, 0.5) is 17.3 Å². The lowest BCUT2D eigenvalue weighted by Gasteiger charge is -2.36. The zero-order valence-corrected chi connectivity index (χ0v) is 20.8. The Bertz CT molecular complexity index is 1330. The first kappa shape index (κ1) is 24.3. The number of hydrogen-bond donors (Lipinski definition) is 4. The molecule has 1 amide bonds. The lowest BCUT2D eigenvalue weighted by Crippen LogP contribution is -2.50. The van der Waals surface area contributed by atoms with E-state index in [0.717, 1.165) is 32.1 Å². The van der Waals surface area contributed by atoms with E-state index in [1.54, 1.807) is 30.9 Å². The maximum atomic E-state index is 13.4. The number of methoxy groups -OCH3 is 1. The maximum Gasteiger partial charge on any atom is 0.274 e. The molecule has 2 aliphatic rings. The van der Waals surface area contributed by atoms with Gasteiger partial charge in [0.2, 0.25) is 0 Å². The van der Waals surface area contributed by atoms with Gasteiger partial charge in [0.05, 0.1) is 23.9 Å². The Morgan fingerprint density at radius 2 is 2.03 bits per heavy atom. The van der Waals surface area contributed by atoms with E-state index in [2.05, 4.69) is 33.0 Å². The van der Waals surface area contributed by atoms with Crippen LogP contribution >= 0.6 is 0 Å². The van der Waals surface area contributed by atoms with E-state index in [-0.39, 0.29) is 29.2 Å². The van der Waals surface area contributed by atoms with Crippen molar-refractivity contribution in [2.45, 2.75) is 69.2 Å². The van der Waals surface area contributed by atoms with Gasteiger partial charge in [0.15, 0.2) is 5.65 Å². The van der Waals surface area contributed by atoms with Gasteiger partial charge in [0.25, 0.3) is 11.5 Å². The van der Waals surface area contributed by atoms with E-state index in [9.17, 15) is 14.7 Å². The molecule has 0 bridgehead atoms. The van der Waals surface area contributed by atoms with Gasteiger partial charge in [-0.25, -0.2) is 4.98 Å². The highest BCUT2D eigenvalue weighted by atomic mass is 16.5. The Kier molecular flexibility index (Phi) is 6.44. The highest BCUT2D eigenvalue weighted by molar-refractivity contribution is 6.00. The number of aromatic nitrogens is 4. The maximum absolute atomic E-state index is 13.4. The zero-order valence-electron chi connectivity index (χ0n) is 20.8. The van der Waals surface area contributed by atoms with Crippen LogP contribution in [0.25, 0.3) is 5.65 Å². The number of nitrogens with zero attached hydrogens (tertiary/aromatic N) is 4. The van der Waals surface area contributed by atoms with Crippen LogP contribution < -0.4 is 21.5 Å². The Hall–Kier alpha value is -3.44. The van der Waals surface area contributed by atoms with E-state index in [1.165, 1.54) is 10.7 Å². The van der Waals surface area contributed by atoms with E-state index >= 15 is 0 Å². The van der Waals surface area contributed by atoms with Crippen LogP contribution in [0.5, 0.6) is 0 Å². The molecule has 192 valence electrons. The largest absolute Gasteiger partial charge is 0.391 e. The third-order valence-corrected chi connectivity index (χ3v) is 7.66. The molecule has 2 saturated carbocycles. The normalized spacial score (nSPS) is 25.8. The van der Waals surface area contributed by atoms with Gasteiger partial charge in [0.1, 0.15) is 22.9 Å². The summed E-state index contributed by atoms with van der Waals surface area (Å²) in [4.78, 5) is 30.8. The zero-order chi connectivity index (χ0) is 25.4. The quantitative estimate of drug-likeness (QED) is 0.393. The molecule has 5 rings (SSSR count). The Labute approximate surface area is 208 Å². The number of ether oxygens (including phenoxy) is 1. The van der Waals surface area contributed by atoms with Gasteiger partial charge in [-0.1, -0.05) is 0 Å². The van der Waals surface area contributed by atoms with E-state index in [4.69, 9.17) is 4.74 Å². The van der Waals surface area contributed by atoms with Crippen LogP contribution in [-0.4, -0.2) is 62.1 Å². The predicted molar refractivity (Wildman–Crippen MR) is 136 cm³/mol. The summed E-state index contributed by atoms with van der Waals surface area (Å²) in [7, 11) is 3.49. The topological polar surface area (TPSA) is 135 Å². The van der Waals surface area contributed by atoms with Crippen molar-refractivity contribution in [1.29, 1.82) is 0 Å². The second-order valence-corrected chi connectivity index (χ2v) is 9.94. The molecule has 3 heterocycles. The fourth-order valence-electron chi connectivity index (χ4n) is 4.99. The Morgan fingerprint density at radius 3 is 2.67 bits per heavy atom. The van der Waals surface area contributed by atoms with Crippen LogP contribution in [0.2, 0.25) is 0 Å². The van der Waals surface area contributed by atoms with Gasteiger partial charge in [-0.3, -0.25) is 9.59 Å². The summed E-state index contributed by atoms with van der Waals surface area (Å²) >= 11 is 0. The molecular formula is C25H33N7O4. The first-order chi connectivity index (χ1) is 17.3. The van der Waals surface area contributed by atoms with Crippen molar-refractivity contribution in [1.82, 2.24) is 24.5 Å². The lowest BCUT2D eigenvalue weighted by atomic mass is 9.83. The molecule has 0 radical (unpaired) electrons. The molecule has 11 heteroatoms. The second kappa shape index (κ2) is 9.55. The standard InChI is InChI=1S/C25H33N7O4/c1-25(36-3)10-8-15(9-11-25)31-12-4-5-18(24(31)35)28-20-13-21(26-2)32-22(30-20)16(14-27-32)23(34)29-17-6-7-19(17)33/h4-5,12-15,17,19,26,33H,6-11H2,1-3H3,(H,28,30)(H,29,34)/t15-,17-,19-,25-/m0/s1. The summed E-state index contributed by atoms with van der Waals surface area (Å²) in [6.07, 6.45) is 7.70. The number of aliphatic hydroxyl groups excluding tert-OH is 1. The van der Waals surface area contributed by atoms with Crippen LogP contribution in [0.3, 0.4) is 0 Å². The first-order valence-electron chi connectivity index (χ1n) is 12.4. The average molecular weight is 496 g/mol. The molecule has 36 heavy (non-hydrogen) atoms. The third kappa shape index (κ3) is 4.44. The number of anilines is 3. The number of carbonyl (C=O) groups excluding carboxylic acids is 1. The van der Waals surface area contributed by atoms with Crippen molar-refractivity contribution >= 4 is 28.9 Å². The van der Waals surface area contributed by atoms with Gasteiger partial charge in [-0.2, -0.15) is 9.61 Å². The number of aliphatic hydroxyl groups is 1. The fraction of sp³-hybridized carbons (Fsp3) is 0.520. The molecule has 2 atom stereocenters. The molecular weight excluding hydrogens is 462 g/mol. The number of rotatable bonds is 7. The van der Waals surface area contributed by atoms with Gasteiger partial charge >= 0.3 is 0 Å². The molecule has 4 N–H and O–H groups in total. The monoisotopic (exact) mass is 495 g/mol. The Balaban J connectivity index is 1.42. The SMILES string of the molecule is CNc1cc(Nc2cccn([C@H]3CC[C@](C)(OC)CC3)c2=O)nc2c(C(=O)N[C@H]3CC[C@@H]3O)cnn12. The minimum Gasteiger partial charge on any atom is -0.391 e. The number of carbonyl (C=O) groups is 1. The van der Waals surface area contributed by atoms with E-state index in [0.29, 0.717) is 35.0 Å². The minimum absolute atomic E-state index is 0.109. The van der Waals surface area contributed by atoms with Gasteiger partial charge in [-0.05, 0) is 57.6 Å². The van der Waals surface area contributed by atoms with Gasteiger partial charge in [0, 0.05) is 32.5 Å².